The predicted molar refractivity (Wildman–Crippen MR) is 39.0 cm³/mol. The Kier molecular flexibility index (Phi) is 2.15. The summed E-state index contributed by atoms with van der Waals surface area (Å²) in [5.74, 6) is 0.554. The number of allylic oxidation sites excluding steroid dienone is 1. The maximum atomic E-state index is 10.4. The van der Waals surface area contributed by atoms with E-state index in [9.17, 15) is 4.79 Å². The summed E-state index contributed by atoms with van der Waals surface area (Å²) in [5.41, 5.74) is 0. The molecule has 0 aliphatic carbocycles. The van der Waals surface area contributed by atoms with E-state index in [1.807, 2.05) is 0 Å². The van der Waals surface area contributed by atoms with Gasteiger partial charge in [0.1, 0.15) is 5.76 Å². The van der Waals surface area contributed by atoms with Gasteiger partial charge in [0.25, 0.3) is 0 Å². The van der Waals surface area contributed by atoms with Crippen LogP contribution in [0.5, 0.6) is 0 Å². The largest absolute Gasteiger partial charge is 0.495 e. The van der Waals surface area contributed by atoms with Crippen LogP contribution in [0.15, 0.2) is 24.1 Å². The number of nitrogens with zero attached hydrogens (tertiary/aromatic N) is 1. The third kappa shape index (κ3) is 1.73. The lowest BCUT2D eigenvalue weighted by Gasteiger charge is -2.16. The molecule has 0 bridgehead atoms. The Hall–Kier alpha value is -1.45. The molecule has 11 heavy (non-hydrogen) atoms. The van der Waals surface area contributed by atoms with Gasteiger partial charge in [-0.05, 0) is 6.08 Å². The van der Waals surface area contributed by atoms with E-state index in [1.165, 1.54) is 13.3 Å². The normalized spacial score (nSPS) is 16.1. The number of amides is 1. The van der Waals surface area contributed by atoms with Gasteiger partial charge in [-0.2, -0.15) is 0 Å². The van der Waals surface area contributed by atoms with E-state index in [2.05, 4.69) is 0 Å². The molecule has 1 N–H and O–H groups in total. The van der Waals surface area contributed by atoms with Gasteiger partial charge < -0.3 is 9.84 Å². The van der Waals surface area contributed by atoms with E-state index in [1.54, 1.807) is 12.2 Å². The second kappa shape index (κ2) is 3.09. The van der Waals surface area contributed by atoms with Crippen molar-refractivity contribution in [2.45, 2.75) is 0 Å². The molecular formula is C7H9NO3. The molecule has 0 aromatic heterocycles. The lowest BCUT2D eigenvalue weighted by Crippen LogP contribution is -2.26. The maximum absolute atomic E-state index is 10.4. The van der Waals surface area contributed by atoms with Crippen molar-refractivity contribution < 1.29 is 14.6 Å². The van der Waals surface area contributed by atoms with E-state index >= 15 is 0 Å². The molecule has 0 fully saturated rings. The monoisotopic (exact) mass is 155 g/mol. The first-order valence-corrected chi connectivity index (χ1v) is 3.16. The zero-order valence-corrected chi connectivity index (χ0v) is 6.15. The zero-order chi connectivity index (χ0) is 8.27. The molecule has 0 spiro atoms. The molecule has 1 aliphatic rings. The average Bonchev–Trinajstić information content (AvgIpc) is 2.05. The summed E-state index contributed by atoms with van der Waals surface area (Å²) in [7, 11) is 1.50. The summed E-state index contributed by atoms with van der Waals surface area (Å²) < 4.78 is 4.84. The highest BCUT2D eigenvalue weighted by atomic mass is 16.5. The Morgan fingerprint density at radius 1 is 1.82 bits per heavy atom. The van der Waals surface area contributed by atoms with Crippen molar-refractivity contribution in [1.82, 2.24) is 4.90 Å². The van der Waals surface area contributed by atoms with Crippen LogP contribution in [0.1, 0.15) is 0 Å². The third-order valence-corrected chi connectivity index (χ3v) is 1.35. The summed E-state index contributed by atoms with van der Waals surface area (Å²) in [5, 5.41) is 8.54. The lowest BCUT2D eigenvalue weighted by molar-refractivity contribution is 0.163. The summed E-state index contributed by atoms with van der Waals surface area (Å²) in [4.78, 5) is 11.6. The molecule has 1 heterocycles. The molecule has 0 atom stereocenters. The van der Waals surface area contributed by atoms with Crippen LogP contribution >= 0.6 is 0 Å². The van der Waals surface area contributed by atoms with E-state index in [4.69, 9.17) is 9.84 Å². The Labute approximate surface area is 64.4 Å². The fourth-order valence-corrected chi connectivity index (χ4v) is 0.786. The SMILES string of the molecule is COC1=CN(C(=O)O)CC=C1. The fraction of sp³-hybridized carbons (Fsp3) is 0.286. The van der Waals surface area contributed by atoms with Crippen molar-refractivity contribution in [3.05, 3.63) is 24.1 Å². The van der Waals surface area contributed by atoms with Crippen LogP contribution in [0.4, 0.5) is 4.79 Å². The Bertz CT molecular complexity index is 220. The molecule has 0 unspecified atom stereocenters. The quantitative estimate of drug-likeness (QED) is 0.615. The third-order valence-electron chi connectivity index (χ3n) is 1.35. The molecule has 0 saturated heterocycles. The number of rotatable bonds is 1. The number of hydrogen-bond donors (Lipinski definition) is 1. The molecule has 4 nitrogen and oxygen atoms in total. The van der Waals surface area contributed by atoms with Gasteiger partial charge in [-0.1, -0.05) is 6.08 Å². The number of carbonyl (C=O) groups is 1. The Morgan fingerprint density at radius 2 is 2.55 bits per heavy atom. The first-order chi connectivity index (χ1) is 5.24. The number of hydrogen-bond acceptors (Lipinski definition) is 2. The van der Waals surface area contributed by atoms with Gasteiger partial charge in [-0.3, -0.25) is 4.90 Å². The van der Waals surface area contributed by atoms with Crippen LogP contribution in [-0.2, 0) is 4.74 Å². The second-order valence-corrected chi connectivity index (χ2v) is 2.07. The number of ether oxygens (including phenoxy) is 1. The average molecular weight is 155 g/mol. The molecule has 0 aromatic rings. The molecule has 0 saturated carbocycles. The van der Waals surface area contributed by atoms with E-state index in [0.717, 1.165) is 4.90 Å². The topological polar surface area (TPSA) is 49.8 Å². The van der Waals surface area contributed by atoms with Crippen LogP contribution in [0.2, 0.25) is 0 Å². The Morgan fingerprint density at radius 3 is 3.09 bits per heavy atom. The minimum absolute atomic E-state index is 0.391. The fourth-order valence-electron chi connectivity index (χ4n) is 0.786. The molecule has 1 rings (SSSR count). The zero-order valence-electron chi connectivity index (χ0n) is 6.15. The molecule has 1 aliphatic heterocycles. The first-order valence-electron chi connectivity index (χ1n) is 3.16. The number of methoxy groups -OCH3 is 1. The van der Waals surface area contributed by atoms with Gasteiger partial charge in [0, 0.05) is 6.54 Å². The van der Waals surface area contributed by atoms with Crippen LogP contribution in [0.25, 0.3) is 0 Å². The molecule has 0 radical (unpaired) electrons. The van der Waals surface area contributed by atoms with Crippen LogP contribution in [-0.4, -0.2) is 29.8 Å². The van der Waals surface area contributed by atoms with E-state index < -0.39 is 6.09 Å². The van der Waals surface area contributed by atoms with Crippen LogP contribution in [0, 0.1) is 0 Å². The van der Waals surface area contributed by atoms with Crippen molar-refractivity contribution in [3.63, 3.8) is 0 Å². The number of carboxylic acid groups (broad SMARTS) is 1. The maximum Gasteiger partial charge on any atom is 0.411 e. The minimum atomic E-state index is -0.969. The predicted octanol–water partition coefficient (Wildman–Crippen LogP) is 1.02. The van der Waals surface area contributed by atoms with Gasteiger partial charge in [-0.25, -0.2) is 4.79 Å². The van der Waals surface area contributed by atoms with Crippen molar-refractivity contribution in [2.75, 3.05) is 13.7 Å². The molecule has 1 amide bonds. The highest BCUT2D eigenvalue weighted by Crippen LogP contribution is 2.07. The summed E-state index contributed by atoms with van der Waals surface area (Å²) in [6.07, 6.45) is 3.94. The van der Waals surface area contributed by atoms with Crippen molar-refractivity contribution in [2.24, 2.45) is 0 Å². The second-order valence-electron chi connectivity index (χ2n) is 2.07. The first kappa shape index (κ1) is 7.65. The van der Waals surface area contributed by atoms with Crippen LogP contribution in [0.3, 0.4) is 0 Å². The molecule has 4 heteroatoms. The molecular weight excluding hydrogens is 146 g/mol. The minimum Gasteiger partial charge on any atom is -0.495 e. The smallest absolute Gasteiger partial charge is 0.411 e. The lowest BCUT2D eigenvalue weighted by atomic mass is 10.3. The molecule has 0 aromatic carbocycles. The highest BCUT2D eigenvalue weighted by Gasteiger charge is 2.10. The van der Waals surface area contributed by atoms with Gasteiger partial charge in [0.2, 0.25) is 0 Å². The van der Waals surface area contributed by atoms with Crippen LogP contribution < -0.4 is 0 Å². The van der Waals surface area contributed by atoms with Gasteiger partial charge in [0.15, 0.2) is 0 Å². The summed E-state index contributed by atoms with van der Waals surface area (Å²) in [6, 6.07) is 0. The van der Waals surface area contributed by atoms with Crippen molar-refractivity contribution in [1.29, 1.82) is 0 Å². The van der Waals surface area contributed by atoms with Crippen molar-refractivity contribution in [3.8, 4) is 0 Å². The van der Waals surface area contributed by atoms with Gasteiger partial charge in [-0.15, -0.1) is 0 Å². The summed E-state index contributed by atoms with van der Waals surface area (Å²) >= 11 is 0. The standard InChI is InChI=1S/C7H9NO3/c1-11-6-3-2-4-8(5-6)7(9)10/h2-3,5H,4H2,1H3,(H,9,10). The molecule has 60 valence electrons. The van der Waals surface area contributed by atoms with Crippen molar-refractivity contribution >= 4 is 6.09 Å². The van der Waals surface area contributed by atoms with E-state index in [-0.39, 0.29) is 0 Å². The highest BCUT2D eigenvalue weighted by molar-refractivity contribution is 5.67. The van der Waals surface area contributed by atoms with Gasteiger partial charge in [0.05, 0.1) is 13.3 Å². The summed E-state index contributed by atoms with van der Waals surface area (Å²) in [6.45, 7) is 0.391. The van der Waals surface area contributed by atoms with Gasteiger partial charge >= 0.3 is 6.09 Å². The van der Waals surface area contributed by atoms with E-state index in [0.29, 0.717) is 12.3 Å². The Balaban J connectivity index is 2.68.